The molecule has 0 amide bonds. The zero-order valence-electron chi connectivity index (χ0n) is 10.5. The van der Waals surface area contributed by atoms with Crippen LogP contribution in [0.15, 0.2) is 0 Å². The van der Waals surface area contributed by atoms with Crippen LogP contribution in [0.2, 0.25) is 0 Å². The van der Waals surface area contributed by atoms with E-state index in [1.54, 1.807) is 20.8 Å². The van der Waals surface area contributed by atoms with Crippen molar-refractivity contribution < 1.29 is 15.2 Å². The summed E-state index contributed by atoms with van der Waals surface area (Å²) in [5.41, 5.74) is -0.0828. The topological polar surface area (TPSA) is 46.7 Å². The van der Waals surface area contributed by atoms with Crippen molar-refractivity contribution in [3.05, 3.63) is 0 Å². The molecule has 2 N–H and O–H groups in total. The van der Waals surface area contributed by atoms with Gasteiger partial charge in [-0.05, 0) is 26.7 Å². The molecular weight excluding hydrogens is 204 g/mol. The molecule has 0 rings (SSSR count). The summed E-state index contributed by atoms with van der Waals surface area (Å²) in [5.74, 6) is 7.65. The molecule has 0 saturated heterocycles. The van der Waals surface area contributed by atoms with Gasteiger partial charge in [-0.2, -0.15) is 5.06 Å². The summed E-state index contributed by atoms with van der Waals surface area (Å²) in [6.07, 6.45) is 0.572. The molecule has 0 aliphatic rings. The molecule has 0 fully saturated rings. The maximum Gasteiger partial charge on any atom is 0.290 e. The predicted molar refractivity (Wildman–Crippen MR) is 62.2 cm³/mol. The highest BCUT2D eigenvalue weighted by atomic mass is 16.5. The quantitative estimate of drug-likeness (QED) is 0.189. The van der Waals surface area contributed by atoms with E-state index < -0.39 is 5.54 Å². The van der Waals surface area contributed by atoms with E-state index in [0.29, 0.717) is 12.1 Å². The lowest BCUT2D eigenvalue weighted by atomic mass is 9.96. The van der Waals surface area contributed by atoms with Gasteiger partial charge in [-0.3, -0.25) is 5.21 Å². The van der Waals surface area contributed by atoms with Crippen molar-refractivity contribution in [2.24, 2.45) is 0 Å². The number of rotatable bonds is 3. The van der Waals surface area contributed by atoms with Gasteiger partial charge in [0.15, 0.2) is 0 Å². The molecule has 0 heterocycles. The molecule has 0 aromatic carbocycles. The van der Waals surface area contributed by atoms with E-state index in [0.717, 1.165) is 9.80 Å². The van der Waals surface area contributed by atoms with E-state index in [1.807, 2.05) is 6.92 Å². The molecule has 0 bridgehead atoms. The number of hydrogen-bond acceptors (Lipinski definition) is 3. The maximum atomic E-state index is 9.74. The van der Waals surface area contributed by atoms with Gasteiger partial charge in [0, 0.05) is 13.5 Å². The Labute approximate surface area is 97.1 Å². The highest BCUT2D eigenvalue weighted by Gasteiger charge is 2.36. The third-order valence-electron chi connectivity index (χ3n) is 2.46. The fraction of sp³-hybridized carbons (Fsp3) is 0.583. The molecule has 0 spiro atoms. The fourth-order valence-corrected chi connectivity index (χ4v) is 1.24. The van der Waals surface area contributed by atoms with Gasteiger partial charge in [-0.25, -0.2) is 0 Å². The molecular formula is C12H19N2O2+. The van der Waals surface area contributed by atoms with Gasteiger partial charge >= 0.3 is 0 Å². The van der Waals surface area contributed by atoms with Gasteiger partial charge in [0.2, 0.25) is 5.71 Å². The summed E-state index contributed by atoms with van der Waals surface area (Å²) in [6.45, 7) is 7.15. The van der Waals surface area contributed by atoms with E-state index in [-0.39, 0.29) is 0 Å². The van der Waals surface area contributed by atoms with Crippen molar-refractivity contribution in [1.29, 1.82) is 0 Å². The predicted octanol–water partition coefficient (Wildman–Crippen LogP) is 1.32. The second kappa shape index (κ2) is 6.17. The van der Waals surface area contributed by atoms with E-state index in [4.69, 9.17) is 0 Å². The maximum absolute atomic E-state index is 9.74. The number of hydrogen-bond donors (Lipinski definition) is 2. The molecule has 4 nitrogen and oxygen atoms in total. The number of nitrogens with zero attached hydrogens (tertiary/aromatic N) is 2. The molecule has 16 heavy (non-hydrogen) atoms. The summed E-state index contributed by atoms with van der Waals surface area (Å²) >= 11 is 0. The first-order valence-electron chi connectivity index (χ1n) is 5.08. The molecule has 4 heteroatoms. The molecule has 88 valence electrons. The van der Waals surface area contributed by atoms with Crippen molar-refractivity contribution in [3.63, 3.8) is 0 Å². The van der Waals surface area contributed by atoms with Gasteiger partial charge < -0.3 is 5.21 Å². The Morgan fingerprint density at radius 1 is 1.38 bits per heavy atom. The Bertz CT molecular complexity index is 387. The van der Waals surface area contributed by atoms with Crippen molar-refractivity contribution in [2.45, 2.75) is 39.7 Å². The third kappa shape index (κ3) is 3.58. The normalized spacial score (nSPS) is 12.2. The van der Waals surface area contributed by atoms with Crippen LogP contribution in [0.1, 0.15) is 34.1 Å². The highest BCUT2D eigenvalue weighted by Crippen LogP contribution is 2.14. The van der Waals surface area contributed by atoms with Gasteiger partial charge in [0.1, 0.15) is 5.54 Å². The summed E-state index contributed by atoms with van der Waals surface area (Å²) in [4.78, 5) is 0. The van der Waals surface area contributed by atoms with Gasteiger partial charge in [0.25, 0.3) is 6.04 Å². The van der Waals surface area contributed by atoms with Gasteiger partial charge in [-0.1, -0.05) is 12.8 Å². The monoisotopic (exact) mass is 223 g/mol. The highest BCUT2D eigenvalue weighted by molar-refractivity contribution is 5.88. The molecule has 0 atom stereocenters. The van der Waals surface area contributed by atoms with Gasteiger partial charge in [-0.15, -0.1) is 0 Å². The molecule has 0 saturated carbocycles. The van der Waals surface area contributed by atoms with Crippen molar-refractivity contribution >= 4 is 5.71 Å². The zero-order chi connectivity index (χ0) is 12.8. The molecule has 0 aliphatic heterocycles. The fourth-order valence-electron chi connectivity index (χ4n) is 1.24. The molecule has 0 aliphatic carbocycles. The molecule has 0 unspecified atom stereocenters. The van der Waals surface area contributed by atoms with Crippen molar-refractivity contribution in [3.8, 4) is 23.8 Å². The SMILES string of the molecule is CC#CC#C/[N+](O)=C(\CC)C(C)(C)N(C)O. The minimum atomic E-state index is -0.683. The molecule has 0 aromatic rings. The number of hydroxylamine groups is 3. The Hall–Kier alpha value is -1.49. The molecule has 0 aromatic heterocycles. The van der Waals surface area contributed by atoms with Crippen LogP contribution in [0.25, 0.3) is 0 Å². The molecule has 0 radical (unpaired) electrons. The van der Waals surface area contributed by atoms with Crippen LogP contribution < -0.4 is 0 Å². The van der Waals surface area contributed by atoms with E-state index in [9.17, 15) is 10.4 Å². The Balaban J connectivity index is 5.33. The second-order valence-electron chi connectivity index (χ2n) is 3.81. The van der Waals surface area contributed by atoms with E-state index in [2.05, 4.69) is 23.8 Å². The van der Waals surface area contributed by atoms with Crippen LogP contribution in [-0.2, 0) is 0 Å². The van der Waals surface area contributed by atoms with Crippen LogP contribution in [0.4, 0.5) is 0 Å². The Kier molecular flexibility index (Phi) is 5.60. The lowest BCUT2D eigenvalue weighted by Crippen LogP contribution is -2.48. The minimum Gasteiger partial charge on any atom is -0.313 e. The summed E-state index contributed by atoms with van der Waals surface area (Å²) < 4.78 is 0.830. The van der Waals surface area contributed by atoms with Crippen LogP contribution in [0, 0.1) is 23.8 Å². The lowest BCUT2D eigenvalue weighted by molar-refractivity contribution is -0.713. The average Bonchev–Trinajstić information content (AvgIpc) is 2.18. The Morgan fingerprint density at radius 2 is 1.94 bits per heavy atom. The van der Waals surface area contributed by atoms with Gasteiger partial charge in [0.05, 0.1) is 10.7 Å². The largest absolute Gasteiger partial charge is 0.313 e. The first kappa shape index (κ1) is 14.5. The van der Waals surface area contributed by atoms with Crippen molar-refractivity contribution in [1.82, 2.24) is 5.06 Å². The average molecular weight is 223 g/mol. The summed E-state index contributed by atoms with van der Waals surface area (Å²) in [5, 5.41) is 20.3. The van der Waals surface area contributed by atoms with Crippen LogP contribution in [0.5, 0.6) is 0 Å². The standard InChI is InChI=1S/C12H19N2O2/c1-6-8-9-10-14(16)11(7-2)12(3,4)13(5)15/h15-16H,7H2,1-5H3/q+1/b14-11-. The first-order chi connectivity index (χ1) is 7.37. The zero-order valence-corrected chi connectivity index (χ0v) is 10.5. The van der Waals surface area contributed by atoms with Crippen LogP contribution in [-0.4, -0.2) is 38.5 Å². The Morgan fingerprint density at radius 3 is 2.31 bits per heavy atom. The second-order valence-corrected chi connectivity index (χ2v) is 3.81. The summed E-state index contributed by atoms with van der Waals surface area (Å²) in [7, 11) is 1.53. The minimum absolute atomic E-state index is 0.572. The van der Waals surface area contributed by atoms with E-state index >= 15 is 0 Å². The third-order valence-corrected chi connectivity index (χ3v) is 2.46. The first-order valence-corrected chi connectivity index (χ1v) is 5.08. The lowest BCUT2D eigenvalue weighted by Gasteiger charge is -2.27. The van der Waals surface area contributed by atoms with Crippen LogP contribution >= 0.6 is 0 Å². The van der Waals surface area contributed by atoms with Crippen molar-refractivity contribution in [2.75, 3.05) is 7.05 Å². The van der Waals surface area contributed by atoms with Crippen LogP contribution in [0.3, 0.4) is 0 Å². The van der Waals surface area contributed by atoms with E-state index in [1.165, 1.54) is 7.05 Å². The smallest absolute Gasteiger partial charge is 0.290 e. The summed E-state index contributed by atoms with van der Waals surface area (Å²) in [6, 6.07) is 2.49.